The van der Waals surface area contributed by atoms with E-state index < -0.39 is 0 Å². The first-order valence-electron chi connectivity index (χ1n) is 4.52. The Balaban J connectivity index is 1.92. The second kappa shape index (κ2) is 1.58. The van der Waals surface area contributed by atoms with Gasteiger partial charge in [-0.2, -0.15) is 0 Å². The molecule has 0 aliphatic heterocycles. The van der Waals surface area contributed by atoms with Crippen molar-refractivity contribution in [1.82, 2.24) is 0 Å². The van der Waals surface area contributed by atoms with Crippen LogP contribution in [0.2, 0.25) is 0 Å². The van der Waals surface area contributed by atoms with Crippen molar-refractivity contribution in [3.05, 3.63) is 0 Å². The first-order valence-corrected chi connectivity index (χ1v) is 4.52. The Hall–Kier alpha value is -0.0400. The van der Waals surface area contributed by atoms with Gasteiger partial charge in [-0.15, -0.1) is 0 Å². The minimum Gasteiger partial charge on any atom is -0.393 e. The number of rotatable bonds is 0. The second-order valence-electron chi connectivity index (χ2n) is 4.45. The molecule has 0 saturated heterocycles. The molecule has 3 saturated carbocycles. The molecule has 0 aromatic rings. The predicted octanol–water partition coefficient (Wildman–Crippen LogP) is 1.41. The van der Waals surface area contributed by atoms with Gasteiger partial charge in [0.05, 0.1) is 6.10 Å². The molecule has 5 atom stereocenters. The van der Waals surface area contributed by atoms with E-state index in [1.54, 1.807) is 0 Å². The Morgan fingerprint density at radius 2 is 1.50 bits per heavy atom. The van der Waals surface area contributed by atoms with Crippen LogP contribution in [0.1, 0.15) is 25.7 Å². The molecule has 1 unspecified atom stereocenters. The molecule has 56 valence electrons. The fourth-order valence-corrected chi connectivity index (χ4v) is 3.51. The quantitative estimate of drug-likeness (QED) is 0.536. The molecule has 3 rings (SSSR count). The lowest BCUT2D eigenvalue weighted by Gasteiger charge is -2.42. The van der Waals surface area contributed by atoms with Gasteiger partial charge in [-0.3, -0.25) is 0 Å². The van der Waals surface area contributed by atoms with Gasteiger partial charge in [0.25, 0.3) is 0 Å². The van der Waals surface area contributed by atoms with Crippen molar-refractivity contribution in [2.75, 3.05) is 0 Å². The summed E-state index contributed by atoms with van der Waals surface area (Å²) in [5.41, 5.74) is 0. The molecule has 0 amide bonds. The lowest BCUT2D eigenvalue weighted by molar-refractivity contribution is 0.00948. The van der Waals surface area contributed by atoms with E-state index in [9.17, 15) is 5.11 Å². The number of aliphatic hydroxyl groups is 1. The summed E-state index contributed by atoms with van der Waals surface area (Å²) in [7, 11) is 0. The lowest BCUT2D eigenvalue weighted by atomic mass is 9.63. The van der Waals surface area contributed by atoms with E-state index >= 15 is 0 Å². The van der Waals surface area contributed by atoms with Gasteiger partial charge in [-0.25, -0.2) is 0 Å². The number of hydrogen-bond donors (Lipinski definition) is 1. The summed E-state index contributed by atoms with van der Waals surface area (Å²) in [6.45, 7) is 0. The fourth-order valence-electron chi connectivity index (χ4n) is 3.51. The Morgan fingerprint density at radius 1 is 0.800 bits per heavy atom. The standard InChI is InChI=1S/C9H14O/c10-9-4-6-1-5-2-7(9)3-8(5)6/h5-10H,1-4H2/t5-,6+,7+,8?,9-/m0/s1. The number of fused-ring (bicyclic) bond motifs is 1. The maximum absolute atomic E-state index is 9.59. The molecule has 0 aromatic heterocycles. The fraction of sp³-hybridized carbons (Fsp3) is 1.00. The third-order valence-electron chi connectivity index (χ3n) is 4.09. The molecule has 0 spiro atoms. The van der Waals surface area contributed by atoms with Crippen molar-refractivity contribution in [1.29, 1.82) is 0 Å². The van der Waals surface area contributed by atoms with E-state index in [4.69, 9.17) is 0 Å². The van der Waals surface area contributed by atoms with Crippen molar-refractivity contribution < 1.29 is 5.11 Å². The van der Waals surface area contributed by atoms with E-state index in [1.165, 1.54) is 19.3 Å². The number of aliphatic hydroxyl groups excluding tert-OH is 1. The van der Waals surface area contributed by atoms with Gasteiger partial charge < -0.3 is 5.11 Å². The Morgan fingerprint density at radius 3 is 2.40 bits per heavy atom. The van der Waals surface area contributed by atoms with E-state index in [0.29, 0.717) is 5.92 Å². The summed E-state index contributed by atoms with van der Waals surface area (Å²) in [6.07, 6.45) is 5.36. The van der Waals surface area contributed by atoms with E-state index in [1.807, 2.05) is 0 Å². The average molecular weight is 138 g/mol. The average Bonchev–Trinajstić information content (AvgIpc) is 2.04. The molecule has 3 fully saturated rings. The van der Waals surface area contributed by atoms with Gasteiger partial charge in [0.1, 0.15) is 0 Å². The van der Waals surface area contributed by atoms with Crippen molar-refractivity contribution in [2.24, 2.45) is 23.7 Å². The van der Waals surface area contributed by atoms with Crippen LogP contribution in [0.5, 0.6) is 0 Å². The molecular formula is C9H14O. The van der Waals surface area contributed by atoms with Crippen LogP contribution >= 0.6 is 0 Å². The Labute approximate surface area is 61.4 Å². The van der Waals surface area contributed by atoms with Gasteiger partial charge in [-0.05, 0) is 49.4 Å². The summed E-state index contributed by atoms with van der Waals surface area (Å²) >= 11 is 0. The van der Waals surface area contributed by atoms with Crippen LogP contribution in [0.15, 0.2) is 0 Å². The van der Waals surface area contributed by atoms with Gasteiger partial charge in [0.15, 0.2) is 0 Å². The van der Waals surface area contributed by atoms with Crippen LogP contribution in [0.4, 0.5) is 0 Å². The zero-order chi connectivity index (χ0) is 6.72. The Kier molecular flexibility index (Phi) is 0.883. The predicted molar refractivity (Wildman–Crippen MR) is 38.4 cm³/mol. The van der Waals surface area contributed by atoms with Gasteiger partial charge in [-0.1, -0.05) is 0 Å². The highest BCUT2D eigenvalue weighted by molar-refractivity contribution is 5.03. The molecule has 10 heavy (non-hydrogen) atoms. The van der Waals surface area contributed by atoms with E-state index in [0.717, 1.165) is 24.2 Å². The molecule has 0 heterocycles. The van der Waals surface area contributed by atoms with Gasteiger partial charge in [0, 0.05) is 0 Å². The summed E-state index contributed by atoms with van der Waals surface area (Å²) in [6, 6.07) is 0. The van der Waals surface area contributed by atoms with Crippen molar-refractivity contribution >= 4 is 0 Å². The third-order valence-corrected chi connectivity index (χ3v) is 4.09. The normalized spacial score (nSPS) is 63.9. The molecule has 1 heteroatoms. The molecule has 1 N–H and O–H groups in total. The summed E-state index contributed by atoms with van der Waals surface area (Å²) in [5.74, 6) is 3.72. The maximum atomic E-state index is 9.59. The Bertz CT molecular complexity index is 164. The van der Waals surface area contributed by atoms with Crippen LogP contribution in [0, 0.1) is 23.7 Å². The SMILES string of the molecule is O[C@H]1C[C@H]2C[C@H]3C[C@@H]1CC23. The van der Waals surface area contributed by atoms with Crippen molar-refractivity contribution in [3.8, 4) is 0 Å². The molecule has 1 nitrogen and oxygen atoms in total. The minimum atomic E-state index is 0.0775. The van der Waals surface area contributed by atoms with Gasteiger partial charge in [0.2, 0.25) is 0 Å². The third kappa shape index (κ3) is 0.493. The molecular weight excluding hydrogens is 124 g/mol. The molecule has 3 aliphatic carbocycles. The van der Waals surface area contributed by atoms with Crippen molar-refractivity contribution in [3.63, 3.8) is 0 Å². The summed E-state index contributed by atoms with van der Waals surface area (Å²) < 4.78 is 0. The minimum absolute atomic E-state index is 0.0775. The molecule has 0 radical (unpaired) electrons. The summed E-state index contributed by atoms with van der Waals surface area (Å²) in [4.78, 5) is 0. The summed E-state index contributed by atoms with van der Waals surface area (Å²) in [5, 5.41) is 9.59. The number of hydrogen-bond acceptors (Lipinski definition) is 1. The molecule has 2 bridgehead atoms. The molecule has 3 aliphatic rings. The van der Waals surface area contributed by atoms with Crippen LogP contribution in [0.3, 0.4) is 0 Å². The first-order chi connectivity index (χ1) is 4.84. The van der Waals surface area contributed by atoms with Crippen LogP contribution in [-0.4, -0.2) is 11.2 Å². The van der Waals surface area contributed by atoms with Crippen molar-refractivity contribution in [2.45, 2.75) is 31.8 Å². The highest BCUT2D eigenvalue weighted by Gasteiger charge is 2.53. The highest BCUT2D eigenvalue weighted by Crippen LogP contribution is 2.59. The second-order valence-corrected chi connectivity index (χ2v) is 4.45. The zero-order valence-electron chi connectivity index (χ0n) is 6.16. The lowest BCUT2D eigenvalue weighted by Crippen LogP contribution is -2.37. The monoisotopic (exact) mass is 138 g/mol. The molecule has 0 aromatic carbocycles. The van der Waals surface area contributed by atoms with Gasteiger partial charge >= 0.3 is 0 Å². The van der Waals surface area contributed by atoms with Crippen LogP contribution in [0.25, 0.3) is 0 Å². The first kappa shape index (κ1) is 5.59. The smallest absolute Gasteiger partial charge is 0.0571 e. The zero-order valence-corrected chi connectivity index (χ0v) is 6.16. The maximum Gasteiger partial charge on any atom is 0.0571 e. The van der Waals surface area contributed by atoms with Crippen LogP contribution < -0.4 is 0 Å². The largest absolute Gasteiger partial charge is 0.393 e. The van der Waals surface area contributed by atoms with Crippen LogP contribution in [-0.2, 0) is 0 Å². The van der Waals surface area contributed by atoms with E-state index in [-0.39, 0.29) is 6.10 Å². The highest BCUT2D eigenvalue weighted by atomic mass is 16.3. The van der Waals surface area contributed by atoms with E-state index in [2.05, 4.69) is 0 Å². The topological polar surface area (TPSA) is 20.2 Å².